The zero-order valence-corrected chi connectivity index (χ0v) is 18.5. The molecule has 0 unspecified atom stereocenters. The second-order valence-corrected chi connectivity index (χ2v) is 8.91. The van der Waals surface area contributed by atoms with Gasteiger partial charge in [0.25, 0.3) is 5.56 Å². The molecule has 0 N–H and O–H groups in total. The van der Waals surface area contributed by atoms with Crippen molar-refractivity contribution in [1.29, 1.82) is 0 Å². The lowest BCUT2D eigenvalue weighted by molar-refractivity contribution is 0.537. The van der Waals surface area contributed by atoms with Crippen LogP contribution in [0.1, 0.15) is 39.2 Å². The first kappa shape index (κ1) is 20.3. The summed E-state index contributed by atoms with van der Waals surface area (Å²) in [5.41, 5.74) is 1.73. The Balaban J connectivity index is 1.59. The fourth-order valence-electron chi connectivity index (χ4n) is 3.79. The summed E-state index contributed by atoms with van der Waals surface area (Å²) in [5.74, 6) is 2.61. The lowest BCUT2D eigenvalue weighted by atomic mass is 9.95. The quantitative estimate of drug-likeness (QED) is 0.666. The molecule has 0 aliphatic carbocycles. The number of anilines is 2. The van der Waals surface area contributed by atoms with Gasteiger partial charge in [0.1, 0.15) is 11.6 Å². The van der Waals surface area contributed by atoms with Gasteiger partial charge < -0.3 is 9.80 Å². The number of aromatic nitrogens is 4. The van der Waals surface area contributed by atoms with E-state index >= 15 is 0 Å². The molecule has 2 aromatic heterocycles. The van der Waals surface area contributed by atoms with Gasteiger partial charge in [-0.25, -0.2) is 15.0 Å². The van der Waals surface area contributed by atoms with E-state index < -0.39 is 0 Å². The number of benzene rings is 1. The Morgan fingerprint density at radius 1 is 0.967 bits per heavy atom. The molecule has 3 aromatic rings. The largest absolute Gasteiger partial charge is 0.353 e. The summed E-state index contributed by atoms with van der Waals surface area (Å²) >= 11 is 0. The predicted molar refractivity (Wildman–Crippen MR) is 122 cm³/mol. The summed E-state index contributed by atoms with van der Waals surface area (Å²) < 4.78 is 1.66. The number of nitrogens with zero attached hydrogens (tertiary/aromatic N) is 6. The molecule has 1 aliphatic rings. The number of hydrogen-bond donors (Lipinski definition) is 0. The predicted octanol–water partition coefficient (Wildman–Crippen LogP) is 2.91. The molecule has 0 spiro atoms. The summed E-state index contributed by atoms with van der Waals surface area (Å²) in [5, 5.41) is 0.658. The van der Waals surface area contributed by atoms with Crippen LogP contribution < -0.4 is 15.4 Å². The maximum atomic E-state index is 12.7. The fourth-order valence-corrected chi connectivity index (χ4v) is 3.79. The molecule has 1 saturated heterocycles. The number of piperazine rings is 1. The number of aryl methyl sites for hydroxylation is 1. The van der Waals surface area contributed by atoms with Crippen molar-refractivity contribution in [2.45, 2.75) is 39.5 Å². The monoisotopic (exact) mass is 406 g/mol. The Kier molecular flexibility index (Phi) is 5.22. The highest BCUT2D eigenvalue weighted by molar-refractivity contribution is 5.78. The molecule has 0 saturated carbocycles. The normalized spacial score (nSPS) is 15.1. The average Bonchev–Trinajstić information content (AvgIpc) is 2.75. The van der Waals surface area contributed by atoms with Gasteiger partial charge in [-0.05, 0) is 18.6 Å². The zero-order chi connectivity index (χ0) is 21.5. The first-order valence-corrected chi connectivity index (χ1v) is 10.6. The first-order chi connectivity index (χ1) is 14.3. The van der Waals surface area contributed by atoms with Crippen LogP contribution in [-0.2, 0) is 18.9 Å². The minimum Gasteiger partial charge on any atom is -0.353 e. The van der Waals surface area contributed by atoms with Crippen molar-refractivity contribution in [3.05, 3.63) is 52.2 Å². The number of fused-ring (bicyclic) bond motifs is 1. The van der Waals surface area contributed by atoms with E-state index in [0.29, 0.717) is 5.39 Å². The third-order valence-electron chi connectivity index (χ3n) is 5.64. The molecule has 1 aromatic carbocycles. The van der Waals surface area contributed by atoms with Crippen molar-refractivity contribution in [1.82, 2.24) is 19.5 Å². The molecule has 0 radical (unpaired) electrons. The first-order valence-electron chi connectivity index (χ1n) is 10.6. The van der Waals surface area contributed by atoms with E-state index in [2.05, 4.69) is 43.6 Å². The smallest absolute Gasteiger partial charge is 0.262 e. The van der Waals surface area contributed by atoms with Crippen molar-refractivity contribution in [2.24, 2.45) is 7.05 Å². The molecule has 1 fully saturated rings. The summed E-state index contributed by atoms with van der Waals surface area (Å²) in [4.78, 5) is 31.6. The summed E-state index contributed by atoms with van der Waals surface area (Å²) in [6, 6.07) is 9.64. The van der Waals surface area contributed by atoms with Gasteiger partial charge in [0.05, 0.1) is 10.9 Å². The highest BCUT2D eigenvalue weighted by Crippen LogP contribution is 2.24. The third kappa shape index (κ3) is 3.76. The van der Waals surface area contributed by atoms with Gasteiger partial charge >= 0.3 is 0 Å². The maximum Gasteiger partial charge on any atom is 0.262 e. The Labute approximate surface area is 177 Å². The van der Waals surface area contributed by atoms with Gasteiger partial charge in [-0.15, -0.1) is 0 Å². The zero-order valence-electron chi connectivity index (χ0n) is 18.5. The minimum atomic E-state index is -0.0882. The van der Waals surface area contributed by atoms with Crippen LogP contribution in [0.15, 0.2) is 35.1 Å². The lowest BCUT2D eigenvalue weighted by Crippen LogP contribution is -2.48. The van der Waals surface area contributed by atoms with Gasteiger partial charge in [0, 0.05) is 50.4 Å². The molecule has 3 heterocycles. The Morgan fingerprint density at radius 2 is 1.63 bits per heavy atom. The minimum absolute atomic E-state index is 0.00348. The van der Waals surface area contributed by atoms with Crippen LogP contribution in [0.3, 0.4) is 0 Å². The number of hydrogen-bond acceptors (Lipinski definition) is 6. The molecule has 0 bridgehead atoms. The van der Waals surface area contributed by atoms with Crippen molar-refractivity contribution in [3.8, 4) is 0 Å². The van der Waals surface area contributed by atoms with E-state index in [9.17, 15) is 4.79 Å². The van der Waals surface area contributed by atoms with Gasteiger partial charge in [0.2, 0.25) is 5.95 Å². The van der Waals surface area contributed by atoms with Crippen LogP contribution in [0.4, 0.5) is 11.8 Å². The van der Waals surface area contributed by atoms with Crippen LogP contribution in [0.25, 0.3) is 10.9 Å². The number of rotatable bonds is 3. The van der Waals surface area contributed by atoms with Crippen LogP contribution in [0.2, 0.25) is 0 Å². The molecule has 4 rings (SSSR count). The second-order valence-electron chi connectivity index (χ2n) is 8.91. The molecular weight excluding hydrogens is 376 g/mol. The van der Waals surface area contributed by atoms with E-state index in [1.807, 2.05) is 24.3 Å². The molecular formula is C23H30N6O. The van der Waals surface area contributed by atoms with Crippen molar-refractivity contribution in [3.63, 3.8) is 0 Å². The molecule has 0 atom stereocenters. The Bertz CT molecular complexity index is 1120. The Hall–Kier alpha value is -2.96. The highest BCUT2D eigenvalue weighted by atomic mass is 16.1. The van der Waals surface area contributed by atoms with E-state index in [1.165, 1.54) is 0 Å². The van der Waals surface area contributed by atoms with E-state index in [-0.39, 0.29) is 11.0 Å². The van der Waals surface area contributed by atoms with Crippen molar-refractivity contribution >= 4 is 22.7 Å². The average molecular weight is 407 g/mol. The third-order valence-corrected chi connectivity index (χ3v) is 5.64. The van der Waals surface area contributed by atoms with Crippen molar-refractivity contribution < 1.29 is 0 Å². The summed E-state index contributed by atoms with van der Waals surface area (Å²) in [6.45, 7) is 11.8. The molecule has 158 valence electrons. The van der Waals surface area contributed by atoms with Gasteiger partial charge in [-0.1, -0.05) is 39.8 Å². The van der Waals surface area contributed by atoms with Gasteiger partial charge in [-0.2, -0.15) is 0 Å². The molecule has 0 amide bonds. The van der Waals surface area contributed by atoms with Gasteiger partial charge in [-0.3, -0.25) is 9.36 Å². The summed E-state index contributed by atoms with van der Waals surface area (Å²) in [7, 11) is 1.80. The second kappa shape index (κ2) is 7.70. The summed E-state index contributed by atoms with van der Waals surface area (Å²) in [6.07, 6.45) is 0.891. The maximum absolute atomic E-state index is 12.7. The topological polar surface area (TPSA) is 67.2 Å². The molecule has 7 heteroatoms. The van der Waals surface area contributed by atoms with E-state index in [0.717, 1.165) is 61.4 Å². The van der Waals surface area contributed by atoms with E-state index in [1.54, 1.807) is 11.6 Å². The van der Waals surface area contributed by atoms with Crippen LogP contribution in [0, 0.1) is 0 Å². The van der Waals surface area contributed by atoms with Gasteiger partial charge in [0.15, 0.2) is 0 Å². The molecule has 7 nitrogen and oxygen atoms in total. The Morgan fingerprint density at radius 3 is 2.30 bits per heavy atom. The fraction of sp³-hybridized carbons (Fsp3) is 0.478. The van der Waals surface area contributed by atoms with Crippen LogP contribution in [0.5, 0.6) is 0 Å². The number of para-hydroxylation sites is 1. The van der Waals surface area contributed by atoms with Crippen molar-refractivity contribution in [2.75, 3.05) is 36.0 Å². The SMILES string of the molecule is CCc1cc(N2CCN(c3nc4ccccc4c(=O)n3C)CC2)nc(C(C)(C)C)n1. The standard InChI is InChI=1S/C23H30N6O/c1-6-16-15-19(26-21(24-16)23(2,3)4)28-11-13-29(14-12-28)22-25-18-10-8-7-9-17(18)20(30)27(22)5/h7-10,15H,6,11-14H2,1-5H3. The molecule has 30 heavy (non-hydrogen) atoms. The van der Waals surface area contributed by atoms with Crippen LogP contribution in [-0.4, -0.2) is 45.7 Å². The van der Waals surface area contributed by atoms with E-state index in [4.69, 9.17) is 15.0 Å². The van der Waals surface area contributed by atoms with Crippen LogP contribution >= 0.6 is 0 Å². The molecule has 1 aliphatic heterocycles. The lowest BCUT2D eigenvalue weighted by Gasteiger charge is -2.37. The highest BCUT2D eigenvalue weighted by Gasteiger charge is 2.24.